The van der Waals surface area contributed by atoms with Gasteiger partial charge in [0.25, 0.3) is 0 Å². The molecule has 0 aliphatic rings. The largest absolute Gasteiger partial charge is 0.496 e. The first-order valence-corrected chi connectivity index (χ1v) is 9.16. The highest BCUT2D eigenvalue weighted by Gasteiger charge is 2.15. The van der Waals surface area contributed by atoms with E-state index in [0.717, 1.165) is 11.3 Å². The van der Waals surface area contributed by atoms with E-state index in [2.05, 4.69) is 15.5 Å². The van der Waals surface area contributed by atoms with Crippen molar-refractivity contribution in [3.8, 4) is 17.1 Å². The second-order valence-electron chi connectivity index (χ2n) is 5.41. The second kappa shape index (κ2) is 8.25. The van der Waals surface area contributed by atoms with E-state index in [1.807, 2.05) is 35.9 Å². The number of hydrogen-bond donors (Lipinski definition) is 1. The van der Waals surface area contributed by atoms with Gasteiger partial charge in [-0.3, -0.25) is 4.79 Å². The maximum absolute atomic E-state index is 12.1. The second-order valence-corrected chi connectivity index (χ2v) is 6.79. The lowest BCUT2D eigenvalue weighted by Gasteiger charge is -2.08. The van der Waals surface area contributed by atoms with E-state index in [-0.39, 0.29) is 11.7 Å². The molecule has 0 atom stereocenters. The Morgan fingerprint density at radius 3 is 2.81 bits per heavy atom. The van der Waals surface area contributed by atoms with Crippen molar-refractivity contribution in [1.82, 2.24) is 14.8 Å². The van der Waals surface area contributed by atoms with Crippen molar-refractivity contribution >= 4 is 35.0 Å². The summed E-state index contributed by atoms with van der Waals surface area (Å²) in [5, 5.41) is 12.4. The lowest BCUT2D eigenvalue weighted by atomic mass is 10.2. The van der Waals surface area contributed by atoms with Crippen LogP contribution >= 0.6 is 23.4 Å². The zero-order valence-corrected chi connectivity index (χ0v) is 15.8. The molecular formula is C18H17ClN4O2S. The minimum absolute atomic E-state index is 0.140. The Morgan fingerprint density at radius 2 is 2.04 bits per heavy atom. The van der Waals surface area contributed by atoms with Gasteiger partial charge in [-0.2, -0.15) is 0 Å². The van der Waals surface area contributed by atoms with E-state index in [4.69, 9.17) is 16.3 Å². The molecule has 0 saturated heterocycles. The first-order valence-electron chi connectivity index (χ1n) is 7.79. The third kappa shape index (κ3) is 4.17. The number of aromatic nitrogens is 3. The molecule has 134 valence electrons. The average Bonchev–Trinajstić information content (AvgIpc) is 3.00. The summed E-state index contributed by atoms with van der Waals surface area (Å²) in [6, 6.07) is 14.6. The molecule has 3 aromatic rings. The molecule has 8 heteroatoms. The van der Waals surface area contributed by atoms with Crippen molar-refractivity contribution in [3.63, 3.8) is 0 Å². The first-order chi connectivity index (χ1) is 12.6. The van der Waals surface area contributed by atoms with Gasteiger partial charge in [0.2, 0.25) is 5.91 Å². The van der Waals surface area contributed by atoms with Crippen LogP contribution in [0.2, 0.25) is 5.02 Å². The number of para-hydroxylation sites is 1. The normalized spacial score (nSPS) is 10.6. The van der Waals surface area contributed by atoms with Crippen molar-refractivity contribution in [2.24, 2.45) is 7.05 Å². The van der Waals surface area contributed by atoms with Crippen LogP contribution in [0.1, 0.15) is 0 Å². The van der Waals surface area contributed by atoms with Gasteiger partial charge < -0.3 is 14.6 Å². The van der Waals surface area contributed by atoms with Gasteiger partial charge in [-0.15, -0.1) is 10.2 Å². The summed E-state index contributed by atoms with van der Waals surface area (Å²) in [5.74, 6) is 1.47. The Bertz CT molecular complexity index is 929. The highest BCUT2D eigenvalue weighted by molar-refractivity contribution is 7.99. The zero-order chi connectivity index (χ0) is 18.5. The van der Waals surface area contributed by atoms with Crippen LogP contribution in [0.25, 0.3) is 11.4 Å². The molecular weight excluding hydrogens is 372 g/mol. The predicted octanol–water partition coefficient (Wildman–Crippen LogP) is 3.87. The van der Waals surface area contributed by atoms with Crippen LogP contribution in [0.15, 0.2) is 53.7 Å². The number of ether oxygens (including phenoxy) is 1. The van der Waals surface area contributed by atoms with Crippen molar-refractivity contribution in [2.75, 3.05) is 18.2 Å². The summed E-state index contributed by atoms with van der Waals surface area (Å²) >= 11 is 7.23. The highest BCUT2D eigenvalue weighted by atomic mass is 35.5. The van der Waals surface area contributed by atoms with Crippen molar-refractivity contribution in [2.45, 2.75) is 5.16 Å². The minimum atomic E-state index is -0.140. The Kier molecular flexibility index (Phi) is 5.80. The minimum Gasteiger partial charge on any atom is -0.496 e. The lowest BCUT2D eigenvalue weighted by molar-refractivity contribution is -0.113. The average molecular weight is 389 g/mol. The van der Waals surface area contributed by atoms with E-state index in [1.54, 1.807) is 31.4 Å². The predicted molar refractivity (Wildman–Crippen MR) is 104 cm³/mol. The summed E-state index contributed by atoms with van der Waals surface area (Å²) in [6.07, 6.45) is 0. The number of carbonyl (C=O) groups is 1. The van der Waals surface area contributed by atoms with Gasteiger partial charge in [-0.25, -0.2) is 0 Å². The summed E-state index contributed by atoms with van der Waals surface area (Å²) in [5.41, 5.74) is 1.51. The Hall–Kier alpha value is -2.51. The van der Waals surface area contributed by atoms with E-state index in [9.17, 15) is 4.79 Å². The van der Waals surface area contributed by atoms with Gasteiger partial charge in [-0.05, 0) is 30.3 Å². The maximum atomic E-state index is 12.1. The van der Waals surface area contributed by atoms with Gasteiger partial charge in [0.15, 0.2) is 11.0 Å². The van der Waals surface area contributed by atoms with Crippen LogP contribution in [0.3, 0.4) is 0 Å². The molecule has 0 spiro atoms. The van der Waals surface area contributed by atoms with Crippen LogP contribution in [0.4, 0.5) is 5.69 Å². The molecule has 0 bridgehead atoms. The number of carbonyl (C=O) groups excluding carboxylic acids is 1. The summed E-state index contributed by atoms with van der Waals surface area (Å²) in [6.45, 7) is 0. The molecule has 6 nitrogen and oxygen atoms in total. The standard InChI is InChI=1S/C18H17ClN4O2S/c1-23-17(14-8-3-4-9-15(14)25-2)21-22-18(23)26-11-16(24)20-13-7-5-6-12(19)10-13/h3-10H,11H2,1-2H3,(H,20,24). The quantitative estimate of drug-likeness (QED) is 0.649. The van der Waals surface area contributed by atoms with Gasteiger partial charge in [0, 0.05) is 17.8 Å². The number of halogens is 1. The molecule has 1 N–H and O–H groups in total. The summed E-state index contributed by atoms with van der Waals surface area (Å²) in [4.78, 5) is 12.1. The molecule has 1 amide bonds. The molecule has 3 rings (SSSR count). The lowest BCUT2D eigenvalue weighted by Crippen LogP contribution is -2.14. The fourth-order valence-corrected chi connectivity index (χ4v) is 3.30. The highest BCUT2D eigenvalue weighted by Crippen LogP contribution is 2.30. The van der Waals surface area contributed by atoms with Crippen LogP contribution in [-0.4, -0.2) is 33.5 Å². The third-order valence-electron chi connectivity index (χ3n) is 3.62. The Labute approximate surface area is 160 Å². The van der Waals surface area contributed by atoms with Crippen molar-refractivity contribution in [3.05, 3.63) is 53.6 Å². The topological polar surface area (TPSA) is 69.0 Å². The number of methoxy groups -OCH3 is 1. The molecule has 1 heterocycles. The fourth-order valence-electron chi connectivity index (χ4n) is 2.40. The van der Waals surface area contributed by atoms with E-state index < -0.39 is 0 Å². The molecule has 26 heavy (non-hydrogen) atoms. The number of anilines is 1. The van der Waals surface area contributed by atoms with Crippen LogP contribution in [0, 0.1) is 0 Å². The van der Waals surface area contributed by atoms with Gasteiger partial charge in [0.05, 0.1) is 18.4 Å². The monoisotopic (exact) mass is 388 g/mol. The maximum Gasteiger partial charge on any atom is 0.234 e. The molecule has 0 aliphatic heterocycles. The Balaban J connectivity index is 1.68. The van der Waals surface area contributed by atoms with Gasteiger partial charge in [0.1, 0.15) is 5.75 Å². The molecule has 0 radical (unpaired) electrons. The van der Waals surface area contributed by atoms with Gasteiger partial charge >= 0.3 is 0 Å². The van der Waals surface area contributed by atoms with Crippen LogP contribution < -0.4 is 10.1 Å². The third-order valence-corrected chi connectivity index (χ3v) is 4.88. The first kappa shape index (κ1) is 18.3. The van der Waals surface area contributed by atoms with E-state index >= 15 is 0 Å². The molecule has 0 aliphatic carbocycles. The van der Waals surface area contributed by atoms with E-state index in [1.165, 1.54) is 11.8 Å². The SMILES string of the molecule is COc1ccccc1-c1nnc(SCC(=O)Nc2cccc(Cl)c2)n1C. The zero-order valence-electron chi connectivity index (χ0n) is 14.3. The smallest absolute Gasteiger partial charge is 0.234 e. The van der Waals surface area contributed by atoms with Crippen molar-refractivity contribution in [1.29, 1.82) is 0 Å². The number of nitrogens with zero attached hydrogens (tertiary/aromatic N) is 3. The molecule has 2 aromatic carbocycles. The van der Waals surface area contributed by atoms with Crippen molar-refractivity contribution < 1.29 is 9.53 Å². The number of benzene rings is 2. The molecule has 1 aromatic heterocycles. The molecule has 0 fully saturated rings. The number of thioether (sulfide) groups is 1. The number of hydrogen-bond acceptors (Lipinski definition) is 5. The fraction of sp³-hybridized carbons (Fsp3) is 0.167. The van der Waals surface area contributed by atoms with Crippen LogP contribution in [0.5, 0.6) is 5.75 Å². The van der Waals surface area contributed by atoms with Gasteiger partial charge in [-0.1, -0.05) is 41.6 Å². The Morgan fingerprint density at radius 1 is 1.23 bits per heavy atom. The molecule has 0 saturated carbocycles. The summed E-state index contributed by atoms with van der Waals surface area (Å²) < 4.78 is 7.22. The van der Waals surface area contributed by atoms with E-state index in [0.29, 0.717) is 21.7 Å². The number of nitrogens with one attached hydrogen (secondary N) is 1. The number of rotatable bonds is 6. The van der Waals surface area contributed by atoms with Crippen LogP contribution in [-0.2, 0) is 11.8 Å². The number of amides is 1. The molecule has 0 unspecified atom stereocenters. The summed E-state index contributed by atoms with van der Waals surface area (Å²) in [7, 11) is 3.48.